The second-order valence-corrected chi connectivity index (χ2v) is 3.09. The Hall–Kier alpha value is -0.300. The summed E-state index contributed by atoms with van der Waals surface area (Å²) in [4.78, 5) is 0. The maximum absolute atomic E-state index is 4.75. The van der Waals surface area contributed by atoms with E-state index in [2.05, 4.69) is 33.9 Å². The lowest BCUT2D eigenvalue weighted by molar-refractivity contribution is 0.134. The van der Waals surface area contributed by atoms with E-state index in [1.807, 2.05) is 13.8 Å². The van der Waals surface area contributed by atoms with Gasteiger partial charge in [0.2, 0.25) is 0 Å². The summed E-state index contributed by atoms with van der Waals surface area (Å²) >= 11 is 0. The molecule has 0 aliphatic rings. The van der Waals surface area contributed by atoms with E-state index in [0.717, 1.165) is 5.92 Å². The highest BCUT2D eigenvalue weighted by Crippen LogP contribution is 1.93. The molecule has 0 saturated heterocycles. The second kappa shape index (κ2) is 17.0. The van der Waals surface area contributed by atoms with Crippen LogP contribution in [0, 0.1) is 5.92 Å². The summed E-state index contributed by atoms with van der Waals surface area (Å²) < 4.78 is 4.75. The van der Waals surface area contributed by atoms with Crippen LogP contribution >= 0.6 is 0 Å². The molecule has 0 aliphatic carbocycles. The van der Waals surface area contributed by atoms with Crippen LogP contribution in [-0.2, 0) is 4.74 Å². The van der Waals surface area contributed by atoms with Crippen LogP contribution in [0.4, 0.5) is 0 Å². The van der Waals surface area contributed by atoms with Crippen LogP contribution in [0.3, 0.4) is 0 Å². The Morgan fingerprint density at radius 3 is 1.25 bits per heavy atom. The lowest BCUT2D eigenvalue weighted by atomic mass is 10.2. The van der Waals surface area contributed by atoms with E-state index in [-0.39, 0.29) is 0 Å². The molecule has 0 unspecified atom stereocenters. The minimum absolute atomic E-state index is 0.384. The highest BCUT2D eigenvalue weighted by atomic mass is 16.5. The van der Waals surface area contributed by atoms with Crippen molar-refractivity contribution in [3.63, 3.8) is 0 Å². The van der Waals surface area contributed by atoms with Gasteiger partial charge >= 0.3 is 0 Å². The first-order valence-electron chi connectivity index (χ1n) is 4.57. The van der Waals surface area contributed by atoms with Crippen LogP contribution in [0.1, 0.15) is 41.0 Å². The van der Waals surface area contributed by atoms with E-state index < -0.39 is 0 Å². The van der Waals surface area contributed by atoms with Gasteiger partial charge in [-0.2, -0.15) is 0 Å². The van der Waals surface area contributed by atoms with Gasteiger partial charge in [-0.1, -0.05) is 27.2 Å². The van der Waals surface area contributed by atoms with Crippen molar-refractivity contribution >= 4 is 0 Å². The molecule has 0 aromatic carbocycles. The SMILES string of the molecule is C=C.CCC(C)C.COC(C)C. The van der Waals surface area contributed by atoms with Crippen LogP contribution in [0.25, 0.3) is 0 Å². The van der Waals surface area contributed by atoms with Crippen LogP contribution in [-0.4, -0.2) is 13.2 Å². The molecule has 0 heterocycles. The fourth-order valence-corrected chi connectivity index (χ4v) is 0. The van der Waals surface area contributed by atoms with Gasteiger partial charge in [0.1, 0.15) is 0 Å². The van der Waals surface area contributed by atoms with Gasteiger partial charge in [0, 0.05) is 7.11 Å². The number of hydrogen-bond acceptors (Lipinski definition) is 1. The Labute approximate surface area is 78.8 Å². The molecule has 0 rings (SSSR count). The van der Waals surface area contributed by atoms with Crippen LogP contribution in [0.15, 0.2) is 13.2 Å². The summed E-state index contributed by atoms with van der Waals surface area (Å²) in [5.74, 6) is 0.884. The Bertz CT molecular complexity index is 50.0. The summed E-state index contributed by atoms with van der Waals surface area (Å²) in [6, 6.07) is 0. The Kier molecular flexibility index (Phi) is 25.0. The number of ether oxygens (including phenoxy) is 1. The van der Waals surface area contributed by atoms with E-state index in [1.165, 1.54) is 6.42 Å². The first-order valence-corrected chi connectivity index (χ1v) is 4.57. The van der Waals surface area contributed by atoms with Crippen molar-refractivity contribution in [1.29, 1.82) is 0 Å². The summed E-state index contributed by atoms with van der Waals surface area (Å²) in [5, 5.41) is 0. The van der Waals surface area contributed by atoms with Crippen molar-refractivity contribution in [2.75, 3.05) is 7.11 Å². The molecule has 0 radical (unpaired) electrons. The molecule has 1 heteroatoms. The van der Waals surface area contributed by atoms with E-state index >= 15 is 0 Å². The summed E-state index contributed by atoms with van der Waals surface area (Å²) in [6.07, 6.45) is 1.69. The third-order valence-corrected chi connectivity index (χ3v) is 1.29. The highest BCUT2D eigenvalue weighted by molar-refractivity contribution is 4.32. The molecule has 0 atom stereocenters. The largest absolute Gasteiger partial charge is 0.382 e. The Balaban J connectivity index is -0.000000112. The van der Waals surface area contributed by atoms with E-state index in [9.17, 15) is 0 Å². The van der Waals surface area contributed by atoms with Gasteiger partial charge in [0.05, 0.1) is 6.10 Å². The van der Waals surface area contributed by atoms with Crippen molar-refractivity contribution in [2.45, 2.75) is 47.1 Å². The van der Waals surface area contributed by atoms with Crippen molar-refractivity contribution in [2.24, 2.45) is 5.92 Å². The molecule has 0 bridgehead atoms. The average Bonchev–Trinajstić information content (AvgIpc) is 2.09. The monoisotopic (exact) mass is 174 g/mol. The van der Waals surface area contributed by atoms with Gasteiger partial charge in [0.15, 0.2) is 0 Å². The minimum Gasteiger partial charge on any atom is -0.382 e. The lowest BCUT2D eigenvalue weighted by Gasteiger charge is -1.94. The zero-order chi connectivity index (χ0) is 10.6. The van der Waals surface area contributed by atoms with Gasteiger partial charge in [0.25, 0.3) is 0 Å². The van der Waals surface area contributed by atoms with Crippen molar-refractivity contribution in [3.05, 3.63) is 13.2 Å². The molecule has 0 aromatic rings. The molecule has 1 nitrogen and oxygen atoms in total. The maximum atomic E-state index is 4.75. The molecule has 0 N–H and O–H groups in total. The fourth-order valence-electron chi connectivity index (χ4n) is 0. The highest BCUT2D eigenvalue weighted by Gasteiger charge is 1.80. The molecular formula is C11H26O. The first kappa shape index (κ1) is 17.7. The number of hydrogen-bond donors (Lipinski definition) is 0. The molecule has 0 fully saturated rings. The van der Waals surface area contributed by atoms with Crippen molar-refractivity contribution in [3.8, 4) is 0 Å². The lowest BCUT2D eigenvalue weighted by Crippen LogP contribution is -1.94. The van der Waals surface area contributed by atoms with Gasteiger partial charge < -0.3 is 4.74 Å². The smallest absolute Gasteiger partial charge is 0.0515 e. The number of rotatable bonds is 2. The molecular weight excluding hydrogens is 148 g/mol. The zero-order valence-corrected chi connectivity index (χ0v) is 9.68. The van der Waals surface area contributed by atoms with Crippen LogP contribution in [0.2, 0.25) is 0 Å². The fraction of sp³-hybridized carbons (Fsp3) is 0.818. The topological polar surface area (TPSA) is 9.23 Å². The maximum Gasteiger partial charge on any atom is 0.0515 e. The number of methoxy groups -OCH3 is 1. The molecule has 0 aliphatic heterocycles. The molecule has 0 saturated carbocycles. The third kappa shape index (κ3) is 53.6. The van der Waals surface area contributed by atoms with Crippen molar-refractivity contribution in [1.82, 2.24) is 0 Å². The van der Waals surface area contributed by atoms with Crippen molar-refractivity contribution < 1.29 is 4.74 Å². The molecule has 0 spiro atoms. The molecule has 0 amide bonds. The minimum atomic E-state index is 0.384. The van der Waals surface area contributed by atoms with Gasteiger partial charge in [-0.3, -0.25) is 0 Å². The van der Waals surface area contributed by atoms with Gasteiger partial charge in [-0.05, 0) is 19.8 Å². The van der Waals surface area contributed by atoms with E-state index in [4.69, 9.17) is 4.74 Å². The molecule has 76 valence electrons. The van der Waals surface area contributed by atoms with Gasteiger partial charge in [-0.15, -0.1) is 13.2 Å². The third-order valence-electron chi connectivity index (χ3n) is 1.29. The summed E-state index contributed by atoms with van der Waals surface area (Å²) in [7, 11) is 1.70. The zero-order valence-electron chi connectivity index (χ0n) is 9.68. The normalized spacial score (nSPS) is 8.33. The van der Waals surface area contributed by atoms with E-state index in [1.54, 1.807) is 7.11 Å². The van der Waals surface area contributed by atoms with E-state index in [0.29, 0.717) is 6.10 Å². The molecule has 12 heavy (non-hydrogen) atoms. The predicted molar refractivity (Wildman–Crippen MR) is 58.5 cm³/mol. The molecule has 0 aromatic heterocycles. The summed E-state index contributed by atoms with van der Waals surface area (Å²) in [6.45, 7) is 16.6. The second-order valence-electron chi connectivity index (χ2n) is 3.09. The average molecular weight is 174 g/mol. The Morgan fingerprint density at radius 1 is 1.08 bits per heavy atom. The quantitative estimate of drug-likeness (QED) is 0.577. The van der Waals surface area contributed by atoms with Crippen LogP contribution in [0.5, 0.6) is 0 Å². The predicted octanol–water partition coefficient (Wildman–Crippen LogP) is 3.90. The van der Waals surface area contributed by atoms with Gasteiger partial charge in [-0.25, -0.2) is 0 Å². The first-order chi connectivity index (χ1) is 5.54. The summed E-state index contributed by atoms with van der Waals surface area (Å²) in [5.41, 5.74) is 0. The Morgan fingerprint density at radius 2 is 1.25 bits per heavy atom. The standard InChI is InChI=1S/C5H12.C4H10O.C2H4/c1-4-5(2)3;1-4(2)5-3;1-2/h5H,4H2,1-3H3;4H,1-3H3;1-2H2. The van der Waals surface area contributed by atoms with Crippen LogP contribution < -0.4 is 0 Å².